The largest absolute Gasteiger partial charge is 0.444 e. The standard InChI is InChI=1S/C18H20FN3O2S.CH4.ClH/c19-10-15-20-17(16(25-15)13-4-2-1-3-5-13)21-18(23)24-14-11-22-8-6-12(14)7-9-22;;/h1-5,12,14H,6-11H2,(H,21,23);1H4;1H/t14-;;/m0../s1. The first-order valence-corrected chi connectivity index (χ1v) is 9.35. The van der Waals surface area contributed by atoms with Crippen LogP contribution in [-0.2, 0) is 11.4 Å². The van der Waals surface area contributed by atoms with Crippen molar-refractivity contribution in [2.45, 2.75) is 33.0 Å². The molecule has 8 heteroatoms. The van der Waals surface area contributed by atoms with Gasteiger partial charge in [0.05, 0.1) is 4.88 Å². The second-order valence-corrected chi connectivity index (χ2v) is 7.58. The number of amides is 1. The maximum absolute atomic E-state index is 13.0. The summed E-state index contributed by atoms with van der Waals surface area (Å²) in [4.78, 5) is 19.6. The predicted molar refractivity (Wildman–Crippen MR) is 109 cm³/mol. The van der Waals surface area contributed by atoms with E-state index in [-0.39, 0.29) is 25.9 Å². The highest BCUT2D eigenvalue weighted by Gasteiger charge is 2.36. The van der Waals surface area contributed by atoms with Crippen LogP contribution in [0.3, 0.4) is 0 Å². The minimum atomic E-state index is -0.652. The lowest BCUT2D eigenvalue weighted by atomic mass is 9.86. The third-order valence-electron chi connectivity index (χ3n) is 4.90. The molecule has 5 nitrogen and oxygen atoms in total. The van der Waals surface area contributed by atoms with Crippen LogP contribution in [-0.4, -0.2) is 41.7 Å². The van der Waals surface area contributed by atoms with Gasteiger partial charge in [0.25, 0.3) is 0 Å². The number of fused-ring (bicyclic) bond motifs is 3. The molecule has 1 atom stereocenters. The molecule has 1 aromatic carbocycles. The number of ether oxygens (including phenoxy) is 1. The number of benzene rings is 1. The Balaban J connectivity index is 0.00000131. The van der Waals surface area contributed by atoms with Crippen LogP contribution in [0, 0.1) is 5.92 Å². The van der Waals surface area contributed by atoms with Crippen molar-refractivity contribution in [2.24, 2.45) is 5.92 Å². The van der Waals surface area contributed by atoms with E-state index in [0.29, 0.717) is 16.7 Å². The SMILES string of the molecule is C.Cl.O=C(Nc1nc(CF)sc1-c1ccccc1)O[C@H]1CN2CCC1CC2. The lowest BCUT2D eigenvalue weighted by molar-refractivity contribution is -0.0290. The smallest absolute Gasteiger partial charge is 0.413 e. The van der Waals surface area contributed by atoms with Gasteiger partial charge in [0.15, 0.2) is 5.82 Å². The summed E-state index contributed by atoms with van der Waals surface area (Å²) in [5.74, 6) is 0.816. The van der Waals surface area contributed by atoms with Gasteiger partial charge in [-0.25, -0.2) is 14.2 Å². The Hall–Kier alpha value is -1.70. The Bertz CT molecular complexity index is 751. The number of halogens is 2. The Morgan fingerprint density at radius 3 is 2.59 bits per heavy atom. The molecule has 1 amide bonds. The van der Waals surface area contributed by atoms with E-state index in [9.17, 15) is 9.18 Å². The van der Waals surface area contributed by atoms with Gasteiger partial charge in [-0.05, 0) is 37.4 Å². The number of alkyl halides is 1. The Morgan fingerprint density at radius 2 is 2.00 bits per heavy atom. The van der Waals surface area contributed by atoms with E-state index in [1.54, 1.807) is 0 Å². The van der Waals surface area contributed by atoms with E-state index in [1.165, 1.54) is 11.3 Å². The molecule has 1 N–H and O–H groups in total. The number of hydrogen-bond donors (Lipinski definition) is 1. The minimum absolute atomic E-state index is 0. The molecule has 0 aliphatic carbocycles. The Labute approximate surface area is 169 Å². The van der Waals surface area contributed by atoms with E-state index in [0.717, 1.165) is 42.9 Å². The monoisotopic (exact) mass is 413 g/mol. The summed E-state index contributed by atoms with van der Waals surface area (Å²) in [7, 11) is 0. The number of aromatic nitrogens is 1. The van der Waals surface area contributed by atoms with E-state index in [1.807, 2.05) is 30.3 Å². The molecule has 27 heavy (non-hydrogen) atoms. The average Bonchev–Trinajstić information content (AvgIpc) is 3.06. The van der Waals surface area contributed by atoms with Gasteiger partial charge >= 0.3 is 6.09 Å². The lowest BCUT2D eigenvalue weighted by Gasteiger charge is -2.43. The molecule has 0 unspecified atom stereocenters. The molecule has 0 spiro atoms. The number of rotatable bonds is 4. The summed E-state index contributed by atoms with van der Waals surface area (Å²) >= 11 is 1.25. The van der Waals surface area contributed by atoms with E-state index < -0.39 is 12.8 Å². The van der Waals surface area contributed by atoms with Crippen molar-refractivity contribution in [3.05, 3.63) is 35.3 Å². The summed E-state index contributed by atoms with van der Waals surface area (Å²) < 4.78 is 18.7. The van der Waals surface area contributed by atoms with Crippen molar-refractivity contribution in [1.29, 1.82) is 0 Å². The molecule has 5 rings (SSSR count). The summed E-state index contributed by atoms with van der Waals surface area (Å²) in [6.07, 6.45) is 1.58. The maximum Gasteiger partial charge on any atom is 0.413 e. The van der Waals surface area contributed by atoms with Gasteiger partial charge in [0.2, 0.25) is 0 Å². The Morgan fingerprint density at radius 1 is 1.30 bits per heavy atom. The van der Waals surface area contributed by atoms with Gasteiger partial charge in [0.1, 0.15) is 17.8 Å². The zero-order valence-electron chi connectivity index (χ0n) is 14.2. The maximum atomic E-state index is 13.0. The summed E-state index contributed by atoms with van der Waals surface area (Å²) in [6, 6.07) is 9.55. The van der Waals surface area contributed by atoms with Crippen molar-refractivity contribution in [3.63, 3.8) is 0 Å². The zero-order chi connectivity index (χ0) is 17.2. The van der Waals surface area contributed by atoms with Crippen molar-refractivity contribution in [3.8, 4) is 10.4 Å². The van der Waals surface area contributed by atoms with E-state index >= 15 is 0 Å². The summed E-state index contributed by atoms with van der Waals surface area (Å²) in [5, 5.41) is 3.07. The highest BCUT2D eigenvalue weighted by atomic mass is 35.5. The molecular weight excluding hydrogens is 389 g/mol. The fraction of sp³-hybridized carbons (Fsp3) is 0.474. The van der Waals surface area contributed by atoms with Crippen LogP contribution in [0.5, 0.6) is 0 Å². The molecule has 4 heterocycles. The van der Waals surface area contributed by atoms with Gasteiger partial charge in [-0.3, -0.25) is 10.2 Å². The van der Waals surface area contributed by atoms with Crippen LogP contribution in [0.2, 0.25) is 0 Å². The predicted octanol–water partition coefficient (Wildman–Crippen LogP) is 4.98. The second-order valence-electron chi connectivity index (χ2n) is 6.49. The normalized spacial score (nSPS) is 23.1. The van der Waals surface area contributed by atoms with Crippen molar-refractivity contribution in [1.82, 2.24) is 9.88 Å². The number of anilines is 1. The average molecular weight is 414 g/mol. The Kier molecular flexibility index (Phi) is 7.59. The van der Waals surface area contributed by atoms with Crippen molar-refractivity contribution in [2.75, 3.05) is 25.0 Å². The molecule has 148 valence electrons. The molecule has 3 fully saturated rings. The lowest BCUT2D eigenvalue weighted by Crippen LogP contribution is -2.52. The van der Waals surface area contributed by atoms with Gasteiger partial charge in [0, 0.05) is 6.54 Å². The van der Waals surface area contributed by atoms with Gasteiger partial charge in [-0.2, -0.15) is 0 Å². The molecule has 3 saturated heterocycles. The fourth-order valence-corrected chi connectivity index (χ4v) is 4.47. The molecule has 2 aromatic rings. The first-order chi connectivity index (χ1) is 12.2. The second kappa shape index (κ2) is 9.48. The molecule has 0 saturated carbocycles. The number of nitrogens with one attached hydrogen (secondary N) is 1. The van der Waals surface area contributed by atoms with Crippen LogP contribution in [0.25, 0.3) is 10.4 Å². The topological polar surface area (TPSA) is 54.5 Å². The first-order valence-electron chi connectivity index (χ1n) is 8.54. The third-order valence-corrected chi connectivity index (χ3v) is 5.97. The van der Waals surface area contributed by atoms with Crippen LogP contribution in [0.15, 0.2) is 30.3 Å². The third kappa shape index (κ3) is 4.78. The molecule has 0 radical (unpaired) electrons. The van der Waals surface area contributed by atoms with Gasteiger partial charge < -0.3 is 4.74 Å². The molecule has 3 aliphatic heterocycles. The molecular formula is C19H25ClFN3O2S. The zero-order valence-corrected chi connectivity index (χ0v) is 15.8. The molecule has 1 aromatic heterocycles. The van der Waals surface area contributed by atoms with E-state index in [2.05, 4.69) is 15.2 Å². The van der Waals surface area contributed by atoms with Crippen LogP contribution < -0.4 is 5.32 Å². The summed E-state index contributed by atoms with van der Waals surface area (Å²) in [5.41, 5.74) is 0.901. The van der Waals surface area contributed by atoms with Gasteiger partial charge in [-0.1, -0.05) is 37.8 Å². The number of piperidine rings is 3. The fourth-order valence-electron chi connectivity index (χ4n) is 3.60. The van der Waals surface area contributed by atoms with Crippen molar-refractivity contribution >= 4 is 35.7 Å². The highest BCUT2D eigenvalue weighted by Crippen LogP contribution is 2.35. The molecule has 3 aliphatic rings. The van der Waals surface area contributed by atoms with Crippen LogP contribution in [0.4, 0.5) is 15.0 Å². The minimum Gasteiger partial charge on any atom is -0.444 e. The number of nitrogens with zero attached hydrogens (tertiary/aromatic N) is 2. The number of hydrogen-bond acceptors (Lipinski definition) is 5. The number of thiazole rings is 1. The van der Waals surface area contributed by atoms with Crippen molar-refractivity contribution < 1.29 is 13.9 Å². The number of carbonyl (C=O) groups is 1. The first kappa shape index (κ1) is 21.6. The highest BCUT2D eigenvalue weighted by molar-refractivity contribution is 7.15. The summed E-state index contributed by atoms with van der Waals surface area (Å²) in [6.45, 7) is 2.34. The molecule has 2 bridgehead atoms. The van der Waals surface area contributed by atoms with Crippen LogP contribution >= 0.6 is 23.7 Å². The number of carbonyl (C=O) groups excluding carboxylic acids is 1. The quantitative estimate of drug-likeness (QED) is 0.767. The van der Waals surface area contributed by atoms with Crippen LogP contribution in [0.1, 0.15) is 25.3 Å². The van der Waals surface area contributed by atoms with E-state index in [4.69, 9.17) is 4.74 Å². The van der Waals surface area contributed by atoms with Gasteiger partial charge in [-0.15, -0.1) is 23.7 Å².